The predicted octanol–water partition coefficient (Wildman–Crippen LogP) is 6.45. The zero-order valence-electron chi connectivity index (χ0n) is 18.4. The molecule has 1 N–H and O–H groups in total. The van der Waals surface area contributed by atoms with E-state index in [1.54, 1.807) is 66.7 Å². The zero-order chi connectivity index (χ0) is 24.7. The van der Waals surface area contributed by atoms with Crippen molar-refractivity contribution in [1.82, 2.24) is 0 Å². The summed E-state index contributed by atoms with van der Waals surface area (Å²) in [6.45, 7) is 2.34. The Morgan fingerprint density at radius 3 is 2.31 bits per heavy atom. The number of amides is 2. The highest BCUT2D eigenvalue weighted by atomic mass is 79.9. The number of rotatable bonds is 6. The first kappa shape index (κ1) is 22.5. The van der Waals surface area contributed by atoms with Gasteiger partial charge in [0.25, 0.3) is 17.5 Å². The number of nitro benzene ring substituents is 1. The number of hydrogen-bond donors (Lipinski definition) is 1. The molecule has 0 unspecified atom stereocenters. The van der Waals surface area contributed by atoms with Gasteiger partial charge in [0.05, 0.1) is 22.8 Å². The monoisotopic (exact) mass is 531 g/mol. The van der Waals surface area contributed by atoms with Gasteiger partial charge in [0.1, 0.15) is 11.4 Å². The fraction of sp³-hybridized carbons (Fsp3) is 0.0769. The Kier molecular flexibility index (Phi) is 5.70. The molecule has 4 aromatic rings. The SMILES string of the molecule is CCOc1ccc(N2C(=O)c3cccc4c(Nc5ccc(Br)cc5)c([N+](=O)[O-])cc(c34)C2=O)cc1. The zero-order valence-corrected chi connectivity index (χ0v) is 20.0. The minimum absolute atomic E-state index is 0.0946. The van der Waals surface area contributed by atoms with E-state index in [4.69, 9.17) is 4.74 Å². The van der Waals surface area contributed by atoms with Gasteiger partial charge in [0, 0.05) is 32.6 Å². The number of benzene rings is 4. The molecule has 0 aromatic heterocycles. The molecule has 0 aliphatic carbocycles. The maximum absolute atomic E-state index is 13.5. The molecule has 0 fully saturated rings. The molecule has 0 atom stereocenters. The Labute approximate surface area is 208 Å². The van der Waals surface area contributed by atoms with Crippen LogP contribution in [-0.4, -0.2) is 23.3 Å². The minimum atomic E-state index is -0.624. The number of anilines is 3. The maximum atomic E-state index is 13.5. The van der Waals surface area contributed by atoms with Crippen molar-refractivity contribution >= 4 is 61.3 Å². The topological polar surface area (TPSA) is 102 Å². The van der Waals surface area contributed by atoms with Crippen LogP contribution < -0.4 is 15.0 Å². The smallest absolute Gasteiger partial charge is 0.294 e. The molecule has 0 bridgehead atoms. The number of carbonyl (C=O) groups excluding carboxylic acids is 2. The van der Waals surface area contributed by atoms with Gasteiger partial charge in [-0.2, -0.15) is 0 Å². The Bertz CT molecular complexity index is 1500. The predicted molar refractivity (Wildman–Crippen MR) is 137 cm³/mol. The number of carbonyl (C=O) groups is 2. The Hall–Kier alpha value is -4.24. The van der Waals surface area contributed by atoms with E-state index in [9.17, 15) is 19.7 Å². The number of ether oxygens (including phenoxy) is 1. The van der Waals surface area contributed by atoms with E-state index in [1.165, 1.54) is 6.07 Å². The van der Waals surface area contributed by atoms with Crippen molar-refractivity contribution in [2.45, 2.75) is 6.92 Å². The summed E-state index contributed by atoms with van der Waals surface area (Å²) in [5.41, 5.74) is 1.32. The summed E-state index contributed by atoms with van der Waals surface area (Å²) in [5, 5.41) is 16.0. The lowest BCUT2D eigenvalue weighted by atomic mass is 9.91. The molecule has 1 heterocycles. The Morgan fingerprint density at radius 2 is 1.66 bits per heavy atom. The summed E-state index contributed by atoms with van der Waals surface area (Å²) in [7, 11) is 0. The van der Waals surface area contributed by atoms with Crippen molar-refractivity contribution in [3.8, 4) is 5.75 Å². The van der Waals surface area contributed by atoms with E-state index in [0.717, 1.165) is 9.37 Å². The van der Waals surface area contributed by atoms with Crippen molar-refractivity contribution in [1.29, 1.82) is 0 Å². The molecule has 0 spiro atoms. The van der Waals surface area contributed by atoms with Gasteiger partial charge in [0.15, 0.2) is 0 Å². The van der Waals surface area contributed by atoms with E-state index in [0.29, 0.717) is 40.1 Å². The molecule has 0 radical (unpaired) electrons. The number of nitrogens with zero attached hydrogens (tertiary/aromatic N) is 2. The van der Waals surface area contributed by atoms with Gasteiger partial charge in [-0.25, -0.2) is 4.90 Å². The summed E-state index contributed by atoms with van der Waals surface area (Å²) in [6.07, 6.45) is 0. The average molecular weight is 532 g/mol. The second-order valence-corrected chi connectivity index (χ2v) is 8.72. The fourth-order valence-corrected chi connectivity index (χ4v) is 4.46. The summed E-state index contributed by atoms with van der Waals surface area (Å²) >= 11 is 3.37. The molecular weight excluding hydrogens is 514 g/mol. The van der Waals surface area contributed by atoms with Crippen LogP contribution in [0.5, 0.6) is 5.75 Å². The molecule has 2 amide bonds. The van der Waals surface area contributed by atoms with E-state index >= 15 is 0 Å². The van der Waals surface area contributed by atoms with Crippen molar-refractivity contribution < 1.29 is 19.2 Å². The first-order chi connectivity index (χ1) is 16.9. The highest BCUT2D eigenvalue weighted by Gasteiger charge is 2.37. The lowest BCUT2D eigenvalue weighted by molar-refractivity contribution is -0.383. The summed E-state index contributed by atoms with van der Waals surface area (Å²) in [6, 6.07) is 19.9. The molecule has 0 saturated carbocycles. The van der Waals surface area contributed by atoms with Crippen LogP contribution in [0.4, 0.5) is 22.7 Å². The molecule has 174 valence electrons. The number of imide groups is 1. The molecule has 9 heteroatoms. The van der Waals surface area contributed by atoms with Crippen molar-refractivity contribution in [3.05, 3.63) is 98.5 Å². The van der Waals surface area contributed by atoms with Crippen LogP contribution in [0.1, 0.15) is 27.6 Å². The second-order valence-electron chi connectivity index (χ2n) is 7.81. The summed E-state index contributed by atoms with van der Waals surface area (Å²) < 4.78 is 6.30. The van der Waals surface area contributed by atoms with Crippen molar-refractivity contribution in [3.63, 3.8) is 0 Å². The van der Waals surface area contributed by atoms with Crippen LogP contribution >= 0.6 is 15.9 Å². The van der Waals surface area contributed by atoms with Gasteiger partial charge in [-0.1, -0.05) is 28.1 Å². The third kappa shape index (κ3) is 3.89. The minimum Gasteiger partial charge on any atom is -0.494 e. The van der Waals surface area contributed by atoms with Gasteiger partial charge < -0.3 is 10.1 Å². The van der Waals surface area contributed by atoms with Crippen LogP contribution in [0.25, 0.3) is 10.8 Å². The van der Waals surface area contributed by atoms with Gasteiger partial charge in [0.2, 0.25) is 0 Å². The third-order valence-electron chi connectivity index (χ3n) is 5.72. The van der Waals surface area contributed by atoms with Crippen LogP contribution in [-0.2, 0) is 0 Å². The van der Waals surface area contributed by atoms with Crippen molar-refractivity contribution in [2.24, 2.45) is 0 Å². The van der Waals surface area contributed by atoms with E-state index in [2.05, 4.69) is 21.2 Å². The molecular formula is C26H18BrN3O5. The average Bonchev–Trinajstić information content (AvgIpc) is 2.85. The highest BCUT2D eigenvalue weighted by molar-refractivity contribution is 9.10. The van der Waals surface area contributed by atoms with Gasteiger partial charge in [-0.05, 0) is 61.5 Å². The Morgan fingerprint density at radius 1 is 0.971 bits per heavy atom. The molecule has 1 aliphatic heterocycles. The lowest BCUT2D eigenvalue weighted by Crippen LogP contribution is -2.40. The maximum Gasteiger partial charge on any atom is 0.294 e. The number of nitrogens with one attached hydrogen (secondary N) is 1. The number of nitro groups is 1. The van der Waals surface area contributed by atoms with Crippen LogP contribution in [0.2, 0.25) is 0 Å². The van der Waals surface area contributed by atoms with Crippen molar-refractivity contribution in [2.75, 3.05) is 16.8 Å². The quantitative estimate of drug-likeness (QED) is 0.174. The third-order valence-corrected chi connectivity index (χ3v) is 6.25. The van der Waals surface area contributed by atoms with Crippen LogP contribution in [0.15, 0.2) is 77.3 Å². The molecule has 5 rings (SSSR count). The molecule has 4 aromatic carbocycles. The molecule has 1 aliphatic rings. The largest absolute Gasteiger partial charge is 0.494 e. The van der Waals surface area contributed by atoms with Gasteiger partial charge in [-0.15, -0.1) is 0 Å². The molecule has 35 heavy (non-hydrogen) atoms. The molecule has 8 nitrogen and oxygen atoms in total. The standard InChI is InChI=1S/C26H18BrN3O5/c1-2-35-18-12-10-17(11-13-18)29-25(31)20-5-3-4-19-23(20)21(26(29)32)14-22(30(33)34)24(19)28-16-8-6-15(27)7-9-16/h3-14,28H,2H2,1H3. The summed E-state index contributed by atoms with van der Waals surface area (Å²) in [4.78, 5) is 39.6. The van der Waals surface area contributed by atoms with E-state index in [-0.39, 0.29) is 16.9 Å². The van der Waals surface area contributed by atoms with Gasteiger partial charge >= 0.3 is 0 Å². The first-order valence-electron chi connectivity index (χ1n) is 10.8. The summed E-state index contributed by atoms with van der Waals surface area (Å²) in [5.74, 6) is -0.517. The van der Waals surface area contributed by atoms with Gasteiger partial charge in [-0.3, -0.25) is 19.7 Å². The Balaban J connectivity index is 1.68. The first-order valence-corrected chi connectivity index (χ1v) is 11.6. The number of halogens is 1. The normalized spacial score (nSPS) is 12.7. The lowest BCUT2D eigenvalue weighted by Gasteiger charge is -2.28. The number of hydrogen-bond acceptors (Lipinski definition) is 6. The van der Waals surface area contributed by atoms with E-state index in [1.807, 2.05) is 6.92 Å². The highest BCUT2D eigenvalue weighted by Crippen LogP contribution is 2.42. The second kappa shape index (κ2) is 8.84. The fourth-order valence-electron chi connectivity index (χ4n) is 4.20. The molecule has 0 saturated heterocycles. The van der Waals surface area contributed by atoms with E-state index < -0.39 is 16.7 Å². The van der Waals surface area contributed by atoms with Crippen LogP contribution in [0.3, 0.4) is 0 Å². The van der Waals surface area contributed by atoms with Crippen LogP contribution in [0, 0.1) is 10.1 Å².